The maximum absolute atomic E-state index is 13.3. The minimum atomic E-state index is -3.66. The number of hydrogen-bond donors (Lipinski definition) is 0. The van der Waals surface area contributed by atoms with Crippen molar-refractivity contribution in [2.75, 3.05) is 52.9 Å². The topological polar surface area (TPSA) is 70.2 Å². The van der Waals surface area contributed by atoms with Crippen molar-refractivity contribution < 1.29 is 17.9 Å². The molecular formula is C27H35N3O4S. The molecule has 8 heteroatoms. The van der Waals surface area contributed by atoms with Gasteiger partial charge in [0.25, 0.3) is 0 Å². The molecule has 2 aromatic carbocycles. The molecule has 0 radical (unpaired) electrons. The number of nitrogens with zero attached hydrogens (tertiary/aromatic N) is 3. The highest BCUT2D eigenvalue weighted by molar-refractivity contribution is 7.89. The lowest BCUT2D eigenvalue weighted by Crippen LogP contribution is -2.53. The minimum Gasteiger partial charge on any atom is -0.496 e. The summed E-state index contributed by atoms with van der Waals surface area (Å²) >= 11 is 0. The Balaban J connectivity index is 1.31. The number of hydrogen-bond acceptors (Lipinski definition) is 5. The Morgan fingerprint density at radius 2 is 1.80 bits per heavy atom. The first kappa shape index (κ1) is 25.4. The summed E-state index contributed by atoms with van der Waals surface area (Å²) in [6.07, 6.45) is 5.71. The molecule has 2 fully saturated rings. The Hall–Kier alpha value is -2.68. The van der Waals surface area contributed by atoms with Crippen LogP contribution in [0.15, 0.2) is 59.5 Å². The van der Waals surface area contributed by atoms with Gasteiger partial charge in [0.1, 0.15) is 5.75 Å². The van der Waals surface area contributed by atoms with Crippen molar-refractivity contribution in [3.05, 3.63) is 65.7 Å². The Bertz CT molecular complexity index is 1140. The molecule has 0 saturated carbocycles. The van der Waals surface area contributed by atoms with Crippen LogP contribution < -0.4 is 4.74 Å². The Morgan fingerprint density at radius 1 is 1.06 bits per heavy atom. The third-order valence-electron chi connectivity index (χ3n) is 6.89. The van der Waals surface area contributed by atoms with Crippen molar-refractivity contribution in [1.29, 1.82) is 0 Å². The number of piperidine rings is 1. The summed E-state index contributed by atoms with van der Waals surface area (Å²) in [5.41, 5.74) is 1.96. The molecule has 2 aliphatic heterocycles. The largest absolute Gasteiger partial charge is 0.496 e. The zero-order valence-corrected chi connectivity index (χ0v) is 21.4. The molecule has 188 valence electrons. The predicted molar refractivity (Wildman–Crippen MR) is 138 cm³/mol. The van der Waals surface area contributed by atoms with Crippen molar-refractivity contribution in [3.8, 4) is 5.75 Å². The molecule has 4 rings (SSSR count). The van der Waals surface area contributed by atoms with Crippen LogP contribution >= 0.6 is 0 Å². The molecule has 35 heavy (non-hydrogen) atoms. The Morgan fingerprint density at radius 3 is 2.49 bits per heavy atom. The van der Waals surface area contributed by atoms with Gasteiger partial charge < -0.3 is 9.64 Å². The van der Waals surface area contributed by atoms with E-state index in [1.165, 1.54) is 9.87 Å². The number of rotatable bonds is 7. The lowest BCUT2D eigenvalue weighted by Gasteiger charge is -2.38. The van der Waals surface area contributed by atoms with Crippen LogP contribution in [0.2, 0.25) is 0 Å². The number of benzene rings is 2. The number of carbonyl (C=O) groups excluding carboxylic acids is 1. The van der Waals surface area contributed by atoms with Crippen LogP contribution in [0.4, 0.5) is 0 Å². The number of piperazine rings is 1. The van der Waals surface area contributed by atoms with Gasteiger partial charge in [-0.15, -0.1) is 0 Å². The molecule has 2 aliphatic rings. The molecule has 7 nitrogen and oxygen atoms in total. The molecule has 0 bridgehead atoms. The molecular weight excluding hydrogens is 462 g/mol. The summed E-state index contributed by atoms with van der Waals surface area (Å²) in [5, 5.41) is 0. The first-order valence-electron chi connectivity index (χ1n) is 12.3. The van der Waals surface area contributed by atoms with Crippen molar-refractivity contribution in [3.63, 3.8) is 0 Å². The molecule has 0 aliphatic carbocycles. The fourth-order valence-corrected chi connectivity index (χ4v) is 6.44. The van der Waals surface area contributed by atoms with Crippen molar-refractivity contribution in [1.82, 2.24) is 14.1 Å². The van der Waals surface area contributed by atoms with Crippen molar-refractivity contribution in [2.24, 2.45) is 5.92 Å². The fourth-order valence-electron chi connectivity index (χ4n) is 4.83. The van der Waals surface area contributed by atoms with Gasteiger partial charge in [-0.2, -0.15) is 4.31 Å². The number of carbonyl (C=O) groups is 1. The van der Waals surface area contributed by atoms with Gasteiger partial charge in [0.15, 0.2) is 0 Å². The van der Waals surface area contributed by atoms with E-state index in [1.54, 1.807) is 25.3 Å². The summed E-state index contributed by atoms with van der Waals surface area (Å²) < 4.78 is 33.3. The second kappa shape index (κ2) is 11.4. The molecule has 0 spiro atoms. The number of methoxy groups -OCH3 is 1. The highest BCUT2D eigenvalue weighted by atomic mass is 32.2. The average molecular weight is 498 g/mol. The SMILES string of the molecule is COc1ccc(S(=O)(=O)N2CCC[C@H](C(=O)N3CCN(C/C=C/c4ccccc4)CC3)C2)cc1C. The van der Waals surface area contributed by atoms with Gasteiger partial charge in [-0.05, 0) is 49.1 Å². The number of amides is 1. The summed E-state index contributed by atoms with van der Waals surface area (Å²) in [6.45, 7) is 6.38. The zero-order valence-electron chi connectivity index (χ0n) is 20.6. The average Bonchev–Trinajstić information content (AvgIpc) is 2.89. The predicted octanol–water partition coefficient (Wildman–Crippen LogP) is 3.26. The molecule has 0 N–H and O–H groups in total. The molecule has 1 amide bonds. The van der Waals surface area contributed by atoms with Crippen molar-refractivity contribution >= 4 is 22.0 Å². The molecule has 2 heterocycles. The van der Waals surface area contributed by atoms with Gasteiger partial charge >= 0.3 is 0 Å². The van der Waals surface area contributed by atoms with Crippen LogP contribution in [0.25, 0.3) is 6.08 Å². The fraction of sp³-hybridized carbons (Fsp3) is 0.444. The quantitative estimate of drug-likeness (QED) is 0.587. The van der Waals surface area contributed by atoms with Crippen LogP contribution in [-0.2, 0) is 14.8 Å². The van der Waals surface area contributed by atoms with Crippen molar-refractivity contribution in [2.45, 2.75) is 24.7 Å². The normalized spacial score (nSPS) is 20.3. The number of aryl methyl sites for hydroxylation is 1. The first-order chi connectivity index (χ1) is 16.9. The summed E-state index contributed by atoms with van der Waals surface area (Å²) in [6, 6.07) is 15.1. The first-order valence-corrected chi connectivity index (χ1v) is 13.7. The van der Waals surface area contributed by atoms with E-state index in [1.807, 2.05) is 30.0 Å². The maximum Gasteiger partial charge on any atom is 0.243 e. The maximum atomic E-state index is 13.3. The van der Waals surface area contributed by atoms with Gasteiger partial charge in [-0.1, -0.05) is 42.5 Å². The molecule has 0 unspecified atom stereocenters. The number of ether oxygens (including phenoxy) is 1. The van der Waals surface area contributed by atoms with E-state index in [0.717, 1.165) is 31.6 Å². The highest BCUT2D eigenvalue weighted by Crippen LogP contribution is 2.28. The lowest BCUT2D eigenvalue weighted by atomic mass is 9.98. The van der Waals surface area contributed by atoms with Crippen LogP contribution in [-0.4, -0.2) is 81.4 Å². The van der Waals surface area contributed by atoms with E-state index in [4.69, 9.17) is 4.74 Å². The van der Waals surface area contributed by atoms with Gasteiger partial charge in [0.2, 0.25) is 15.9 Å². The smallest absolute Gasteiger partial charge is 0.243 e. The van der Waals surface area contributed by atoms with Gasteiger partial charge in [0, 0.05) is 45.8 Å². The van der Waals surface area contributed by atoms with E-state index in [-0.39, 0.29) is 23.3 Å². The zero-order chi connectivity index (χ0) is 24.8. The second-order valence-electron chi connectivity index (χ2n) is 9.27. The highest BCUT2D eigenvalue weighted by Gasteiger charge is 2.36. The monoisotopic (exact) mass is 497 g/mol. The van der Waals surface area contributed by atoms with E-state index in [0.29, 0.717) is 31.8 Å². The molecule has 2 aromatic rings. The standard InChI is InChI=1S/C27H35N3O4S/c1-22-20-25(12-13-26(22)34-2)35(32,33)30-15-7-11-24(21-30)27(31)29-18-16-28(17-19-29)14-6-10-23-8-4-3-5-9-23/h3-6,8-10,12-13,20,24H,7,11,14-19,21H2,1-2H3/b10-6+/t24-/m0/s1. The summed E-state index contributed by atoms with van der Waals surface area (Å²) in [4.78, 5) is 17.8. The Kier molecular flexibility index (Phi) is 8.26. The van der Waals surface area contributed by atoms with Crippen LogP contribution in [0.1, 0.15) is 24.0 Å². The van der Waals surface area contributed by atoms with Crippen LogP contribution in [0, 0.1) is 12.8 Å². The third-order valence-corrected chi connectivity index (χ3v) is 8.76. The third kappa shape index (κ3) is 6.12. The van der Waals surface area contributed by atoms with Crippen LogP contribution in [0.5, 0.6) is 5.75 Å². The van der Waals surface area contributed by atoms with E-state index < -0.39 is 10.0 Å². The second-order valence-corrected chi connectivity index (χ2v) is 11.2. The van der Waals surface area contributed by atoms with E-state index in [2.05, 4.69) is 29.2 Å². The van der Waals surface area contributed by atoms with E-state index >= 15 is 0 Å². The van der Waals surface area contributed by atoms with Crippen LogP contribution in [0.3, 0.4) is 0 Å². The van der Waals surface area contributed by atoms with E-state index in [9.17, 15) is 13.2 Å². The number of sulfonamides is 1. The van der Waals surface area contributed by atoms with Gasteiger partial charge in [-0.3, -0.25) is 9.69 Å². The Labute approximate surface area is 209 Å². The van der Waals surface area contributed by atoms with Gasteiger partial charge in [-0.25, -0.2) is 8.42 Å². The molecule has 0 aromatic heterocycles. The van der Waals surface area contributed by atoms with Gasteiger partial charge in [0.05, 0.1) is 17.9 Å². The summed E-state index contributed by atoms with van der Waals surface area (Å²) in [7, 11) is -2.09. The molecule has 2 saturated heterocycles. The summed E-state index contributed by atoms with van der Waals surface area (Å²) in [5.74, 6) is 0.447. The minimum absolute atomic E-state index is 0.0790. The lowest BCUT2D eigenvalue weighted by molar-refractivity contribution is -0.138. The molecule has 1 atom stereocenters.